The summed E-state index contributed by atoms with van der Waals surface area (Å²) in [5, 5.41) is 16.9. The normalized spacial score (nSPS) is 13.4. The Kier molecular flexibility index (Phi) is 5.20. The van der Waals surface area contributed by atoms with E-state index >= 15 is 0 Å². The van der Waals surface area contributed by atoms with E-state index in [1.807, 2.05) is 19.9 Å². The van der Waals surface area contributed by atoms with Gasteiger partial charge in [-0.15, -0.1) is 0 Å². The molecular weight excluding hydrogens is 353 g/mol. The number of rotatable bonds is 5. The molecule has 1 heterocycles. The summed E-state index contributed by atoms with van der Waals surface area (Å²) in [6, 6.07) is 6.28. The summed E-state index contributed by atoms with van der Waals surface area (Å²) in [5.41, 5.74) is 0.285. The van der Waals surface area contributed by atoms with Gasteiger partial charge in [0.05, 0.1) is 15.7 Å². The van der Waals surface area contributed by atoms with Crippen LogP contribution in [0.25, 0.3) is 0 Å². The van der Waals surface area contributed by atoms with Crippen LogP contribution in [0.3, 0.4) is 0 Å². The van der Waals surface area contributed by atoms with E-state index in [-0.39, 0.29) is 11.6 Å². The molecule has 128 valence electrons. The molecular formula is C16H17Cl2N3O3. The highest BCUT2D eigenvalue weighted by molar-refractivity contribution is 6.42. The van der Waals surface area contributed by atoms with E-state index in [1.165, 1.54) is 29.8 Å². The Morgan fingerprint density at radius 2 is 1.92 bits per heavy atom. The van der Waals surface area contributed by atoms with Crippen LogP contribution in [0.2, 0.25) is 10.0 Å². The maximum atomic E-state index is 12.3. The van der Waals surface area contributed by atoms with Crippen LogP contribution < -0.4 is 5.32 Å². The van der Waals surface area contributed by atoms with Gasteiger partial charge in [-0.3, -0.25) is 9.48 Å². The van der Waals surface area contributed by atoms with Gasteiger partial charge in [-0.2, -0.15) is 5.10 Å². The first-order chi connectivity index (χ1) is 11.1. The number of carbonyl (C=O) groups is 2. The Hall–Kier alpha value is -2.05. The van der Waals surface area contributed by atoms with E-state index in [0.717, 1.165) is 11.4 Å². The highest BCUT2D eigenvalue weighted by Crippen LogP contribution is 2.29. The highest BCUT2D eigenvalue weighted by atomic mass is 35.5. The van der Waals surface area contributed by atoms with Gasteiger partial charge < -0.3 is 10.4 Å². The highest BCUT2D eigenvalue weighted by Gasteiger charge is 2.37. The van der Waals surface area contributed by atoms with Crippen LogP contribution in [0, 0.1) is 13.8 Å². The van der Waals surface area contributed by atoms with E-state index in [0.29, 0.717) is 10.6 Å². The molecule has 1 atom stereocenters. The molecule has 0 fully saturated rings. The Morgan fingerprint density at radius 3 is 2.42 bits per heavy atom. The lowest BCUT2D eigenvalue weighted by molar-refractivity contribution is -0.147. The van der Waals surface area contributed by atoms with Gasteiger partial charge in [0.25, 0.3) is 0 Å². The molecule has 6 nitrogen and oxygen atoms in total. The number of aromatic nitrogens is 2. The Labute approximate surface area is 149 Å². The molecule has 2 rings (SSSR count). The lowest BCUT2D eigenvalue weighted by Crippen LogP contribution is -2.50. The predicted octanol–water partition coefficient (Wildman–Crippen LogP) is 2.92. The molecule has 0 radical (unpaired) electrons. The molecule has 0 bridgehead atoms. The van der Waals surface area contributed by atoms with Gasteiger partial charge >= 0.3 is 5.97 Å². The molecule has 0 saturated heterocycles. The summed E-state index contributed by atoms with van der Waals surface area (Å²) in [7, 11) is 0. The molecule has 0 aliphatic carbocycles. The quantitative estimate of drug-likeness (QED) is 0.848. The molecule has 1 aromatic heterocycles. The molecule has 1 aromatic carbocycles. The number of nitrogens with zero attached hydrogens (tertiary/aromatic N) is 2. The summed E-state index contributed by atoms with van der Waals surface area (Å²) < 4.78 is 1.52. The third kappa shape index (κ3) is 3.71. The van der Waals surface area contributed by atoms with E-state index in [4.69, 9.17) is 23.2 Å². The van der Waals surface area contributed by atoms with E-state index in [2.05, 4.69) is 10.4 Å². The molecule has 0 saturated carbocycles. The van der Waals surface area contributed by atoms with Crippen LogP contribution in [0.15, 0.2) is 24.3 Å². The van der Waals surface area contributed by atoms with Crippen molar-refractivity contribution in [3.8, 4) is 0 Å². The molecule has 1 amide bonds. The molecule has 0 spiro atoms. The zero-order chi connectivity index (χ0) is 18.1. The number of aliphatic carboxylic acids is 1. The Bertz CT molecular complexity index is 804. The van der Waals surface area contributed by atoms with Crippen LogP contribution in [-0.4, -0.2) is 26.8 Å². The first-order valence-corrected chi connectivity index (χ1v) is 7.90. The SMILES string of the molecule is Cc1cc(C)n(CC(=O)NC(C)(C(=O)O)c2ccc(Cl)c(Cl)c2)n1. The predicted molar refractivity (Wildman–Crippen MR) is 91.3 cm³/mol. The number of hydrogen-bond acceptors (Lipinski definition) is 3. The van der Waals surface area contributed by atoms with Gasteiger partial charge in [0.2, 0.25) is 5.91 Å². The van der Waals surface area contributed by atoms with Crippen molar-refractivity contribution in [2.24, 2.45) is 0 Å². The number of halogens is 2. The number of benzene rings is 1. The van der Waals surface area contributed by atoms with Gasteiger partial charge in [-0.05, 0) is 44.5 Å². The Morgan fingerprint density at radius 1 is 1.25 bits per heavy atom. The molecule has 0 aliphatic rings. The standard InChI is InChI=1S/C16H17Cl2N3O3/c1-9-6-10(2)21(20-9)8-14(22)19-16(3,15(23)24)11-4-5-12(17)13(18)7-11/h4-7H,8H2,1-3H3,(H,19,22)(H,23,24). The van der Waals surface area contributed by atoms with E-state index in [9.17, 15) is 14.7 Å². The molecule has 1 unspecified atom stereocenters. The molecule has 0 aliphatic heterocycles. The largest absolute Gasteiger partial charge is 0.479 e. The summed E-state index contributed by atoms with van der Waals surface area (Å²) in [5.74, 6) is -1.68. The average molecular weight is 370 g/mol. The number of aryl methyl sites for hydroxylation is 2. The van der Waals surface area contributed by atoms with Crippen molar-refractivity contribution < 1.29 is 14.7 Å². The van der Waals surface area contributed by atoms with Crippen LogP contribution >= 0.6 is 23.2 Å². The second-order valence-electron chi connectivity index (χ2n) is 5.69. The maximum Gasteiger partial charge on any atom is 0.333 e. The van der Waals surface area contributed by atoms with Gasteiger partial charge in [-0.25, -0.2) is 4.79 Å². The fourth-order valence-corrected chi connectivity index (χ4v) is 2.64. The average Bonchev–Trinajstić information content (AvgIpc) is 2.79. The van der Waals surface area contributed by atoms with Gasteiger partial charge in [0.15, 0.2) is 5.54 Å². The molecule has 8 heteroatoms. The van der Waals surface area contributed by atoms with Gasteiger partial charge in [0.1, 0.15) is 6.54 Å². The van der Waals surface area contributed by atoms with Gasteiger partial charge in [0, 0.05) is 5.69 Å². The number of nitrogens with one attached hydrogen (secondary N) is 1. The van der Waals surface area contributed by atoms with Crippen molar-refractivity contribution >= 4 is 35.1 Å². The van der Waals surface area contributed by atoms with Gasteiger partial charge in [-0.1, -0.05) is 29.3 Å². The topological polar surface area (TPSA) is 84.2 Å². The number of carbonyl (C=O) groups excluding carboxylic acids is 1. The minimum Gasteiger partial charge on any atom is -0.479 e. The summed E-state index contributed by atoms with van der Waals surface area (Å²) >= 11 is 11.8. The zero-order valence-electron chi connectivity index (χ0n) is 13.4. The zero-order valence-corrected chi connectivity index (χ0v) is 14.9. The maximum absolute atomic E-state index is 12.3. The molecule has 2 aromatic rings. The van der Waals surface area contributed by atoms with Crippen molar-refractivity contribution in [1.29, 1.82) is 0 Å². The van der Waals surface area contributed by atoms with Crippen molar-refractivity contribution in [2.45, 2.75) is 32.9 Å². The minimum atomic E-state index is -1.64. The Balaban J connectivity index is 2.27. The lowest BCUT2D eigenvalue weighted by Gasteiger charge is -2.27. The van der Waals surface area contributed by atoms with Crippen LogP contribution in [0.1, 0.15) is 23.9 Å². The second-order valence-corrected chi connectivity index (χ2v) is 6.51. The molecule has 2 N–H and O–H groups in total. The van der Waals surface area contributed by atoms with Crippen LogP contribution in [-0.2, 0) is 21.7 Å². The number of carboxylic acids is 1. The van der Waals surface area contributed by atoms with E-state index in [1.54, 1.807) is 0 Å². The summed E-state index contributed by atoms with van der Waals surface area (Å²) in [6.45, 7) is 4.96. The lowest BCUT2D eigenvalue weighted by atomic mass is 9.92. The minimum absolute atomic E-state index is 0.0795. The summed E-state index contributed by atoms with van der Waals surface area (Å²) in [4.78, 5) is 24.1. The fourth-order valence-electron chi connectivity index (χ4n) is 2.35. The molecule has 24 heavy (non-hydrogen) atoms. The van der Waals surface area contributed by atoms with Crippen molar-refractivity contribution in [1.82, 2.24) is 15.1 Å². The van der Waals surface area contributed by atoms with Crippen molar-refractivity contribution in [3.63, 3.8) is 0 Å². The van der Waals surface area contributed by atoms with Crippen LogP contribution in [0.4, 0.5) is 0 Å². The van der Waals surface area contributed by atoms with Crippen molar-refractivity contribution in [3.05, 3.63) is 51.3 Å². The number of carboxylic acid groups (broad SMARTS) is 1. The number of hydrogen-bond donors (Lipinski definition) is 2. The monoisotopic (exact) mass is 369 g/mol. The third-order valence-corrected chi connectivity index (χ3v) is 4.45. The smallest absolute Gasteiger partial charge is 0.333 e. The first kappa shape index (κ1) is 18.3. The first-order valence-electron chi connectivity index (χ1n) is 7.14. The summed E-state index contributed by atoms with van der Waals surface area (Å²) in [6.07, 6.45) is 0. The number of amides is 1. The van der Waals surface area contributed by atoms with Crippen LogP contribution in [0.5, 0.6) is 0 Å². The van der Waals surface area contributed by atoms with Crippen molar-refractivity contribution in [2.75, 3.05) is 0 Å². The van der Waals surface area contributed by atoms with E-state index < -0.39 is 17.4 Å². The second kappa shape index (κ2) is 6.83. The fraction of sp³-hybridized carbons (Fsp3) is 0.312. The third-order valence-electron chi connectivity index (χ3n) is 3.71.